The minimum absolute atomic E-state index is 0.348. The molecule has 0 spiro atoms. The Labute approximate surface area is 149 Å². The van der Waals surface area contributed by atoms with Crippen LogP contribution in [0.1, 0.15) is 26.3 Å². The van der Waals surface area contributed by atoms with Crippen LogP contribution in [0.25, 0.3) is 0 Å². The minimum Gasteiger partial charge on any atom is -0.443 e. The zero-order valence-electron chi connectivity index (χ0n) is 13.2. The number of anilines is 1. The first-order chi connectivity index (χ1) is 10.8. The van der Waals surface area contributed by atoms with E-state index in [4.69, 9.17) is 16.3 Å². The lowest BCUT2D eigenvalue weighted by atomic mass is 10.2. The summed E-state index contributed by atoms with van der Waals surface area (Å²) in [5, 5.41) is 0.530. The van der Waals surface area contributed by atoms with E-state index in [2.05, 4.69) is 20.9 Å². The second kappa shape index (κ2) is 7.32. The average Bonchev–Trinajstić information content (AvgIpc) is 2.47. The van der Waals surface area contributed by atoms with Gasteiger partial charge in [0.2, 0.25) is 0 Å². The fourth-order valence-electron chi connectivity index (χ4n) is 1.91. The molecule has 0 bridgehead atoms. The molecule has 0 aliphatic heterocycles. The summed E-state index contributed by atoms with van der Waals surface area (Å²) in [5.74, 6) is 0. The summed E-state index contributed by atoms with van der Waals surface area (Å²) < 4.78 is 6.28. The Morgan fingerprint density at radius 1 is 1.35 bits per heavy atom. The molecular formula is C17H18BrClN2O2. The fourth-order valence-corrected chi connectivity index (χ4v) is 2.33. The highest BCUT2D eigenvalue weighted by Gasteiger charge is 2.24. The van der Waals surface area contributed by atoms with Crippen molar-refractivity contribution in [1.82, 2.24) is 4.98 Å². The molecule has 2 aromatic rings. The first-order valence-electron chi connectivity index (χ1n) is 7.11. The van der Waals surface area contributed by atoms with Crippen molar-refractivity contribution in [3.8, 4) is 0 Å². The highest BCUT2D eigenvalue weighted by atomic mass is 79.9. The number of carbonyl (C=O) groups excluding carboxylic acids is 1. The van der Waals surface area contributed by atoms with Crippen molar-refractivity contribution in [2.45, 2.75) is 32.9 Å². The predicted octanol–water partition coefficient (Wildman–Crippen LogP) is 5.44. The van der Waals surface area contributed by atoms with Crippen LogP contribution in [0.2, 0.25) is 5.02 Å². The van der Waals surface area contributed by atoms with E-state index in [0.29, 0.717) is 17.3 Å². The van der Waals surface area contributed by atoms with Gasteiger partial charge in [-0.25, -0.2) is 4.79 Å². The SMILES string of the molecule is CC(C)(C)OC(=O)N(Cc1cccnc1)c1ccc(Br)c(Cl)c1. The largest absolute Gasteiger partial charge is 0.443 e. The van der Waals surface area contributed by atoms with Gasteiger partial charge in [0, 0.05) is 22.6 Å². The topological polar surface area (TPSA) is 42.4 Å². The van der Waals surface area contributed by atoms with Gasteiger partial charge in [-0.1, -0.05) is 17.7 Å². The summed E-state index contributed by atoms with van der Waals surface area (Å²) in [6.07, 6.45) is 2.98. The summed E-state index contributed by atoms with van der Waals surface area (Å²) >= 11 is 9.52. The van der Waals surface area contributed by atoms with Crippen LogP contribution in [0.5, 0.6) is 0 Å². The maximum absolute atomic E-state index is 12.6. The van der Waals surface area contributed by atoms with Crippen LogP contribution in [0.15, 0.2) is 47.2 Å². The second-order valence-electron chi connectivity index (χ2n) is 6.03. The van der Waals surface area contributed by atoms with E-state index in [0.717, 1.165) is 10.0 Å². The van der Waals surface area contributed by atoms with E-state index >= 15 is 0 Å². The molecule has 1 aromatic heterocycles. The van der Waals surface area contributed by atoms with E-state index in [-0.39, 0.29) is 0 Å². The van der Waals surface area contributed by atoms with Crippen LogP contribution in [-0.2, 0) is 11.3 Å². The molecule has 0 saturated carbocycles. The Morgan fingerprint density at radius 3 is 2.65 bits per heavy atom. The number of hydrogen-bond donors (Lipinski definition) is 0. The van der Waals surface area contributed by atoms with Crippen LogP contribution < -0.4 is 4.90 Å². The normalized spacial score (nSPS) is 11.2. The number of nitrogens with zero attached hydrogens (tertiary/aromatic N) is 2. The van der Waals surface area contributed by atoms with Crippen molar-refractivity contribution in [2.75, 3.05) is 4.90 Å². The van der Waals surface area contributed by atoms with Crippen LogP contribution >= 0.6 is 27.5 Å². The third-order valence-corrected chi connectivity index (χ3v) is 4.12. The van der Waals surface area contributed by atoms with Gasteiger partial charge in [-0.2, -0.15) is 0 Å². The summed E-state index contributed by atoms with van der Waals surface area (Å²) in [7, 11) is 0. The third-order valence-electron chi connectivity index (χ3n) is 2.89. The van der Waals surface area contributed by atoms with Gasteiger partial charge in [-0.05, 0) is 66.5 Å². The number of ether oxygens (including phenoxy) is 1. The first kappa shape index (κ1) is 17.8. The molecule has 1 amide bonds. The van der Waals surface area contributed by atoms with Gasteiger partial charge < -0.3 is 4.74 Å². The molecule has 0 fully saturated rings. The van der Waals surface area contributed by atoms with Crippen molar-refractivity contribution in [1.29, 1.82) is 0 Å². The van der Waals surface area contributed by atoms with Crippen molar-refractivity contribution in [3.63, 3.8) is 0 Å². The van der Waals surface area contributed by atoms with E-state index in [1.807, 2.05) is 39.0 Å². The fraction of sp³-hybridized carbons (Fsp3) is 0.294. The number of hydrogen-bond acceptors (Lipinski definition) is 3. The number of carbonyl (C=O) groups is 1. The smallest absolute Gasteiger partial charge is 0.415 e. The Kier molecular flexibility index (Phi) is 5.65. The summed E-state index contributed by atoms with van der Waals surface area (Å²) in [6, 6.07) is 9.09. The molecule has 0 unspecified atom stereocenters. The van der Waals surface area contributed by atoms with E-state index in [9.17, 15) is 4.79 Å². The highest BCUT2D eigenvalue weighted by molar-refractivity contribution is 9.10. The average molecular weight is 398 g/mol. The molecule has 0 aliphatic rings. The van der Waals surface area contributed by atoms with Crippen molar-refractivity contribution >= 4 is 39.3 Å². The van der Waals surface area contributed by atoms with E-state index < -0.39 is 11.7 Å². The zero-order valence-corrected chi connectivity index (χ0v) is 15.6. The number of rotatable bonds is 3. The zero-order chi connectivity index (χ0) is 17.0. The molecule has 6 heteroatoms. The standard InChI is InChI=1S/C17H18BrClN2O2/c1-17(2,3)23-16(22)21(11-12-5-4-8-20-10-12)13-6-7-14(18)15(19)9-13/h4-10H,11H2,1-3H3. The summed E-state index contributed by atoms with van der Waals surface area (Å²) in [4.78, 5) is 18.2. The van der Waals surface area contributed by atoms with Gasteiger partial charge in [-0.3, -0.25) is 9.88 Å². The number of halogens is 2. The Balaban J connectivity index is 2.34. The van der Waals surface area contributed by atoms with Crippen LogP contribution in [0, 0.1) is 0 Å². The third kappa shape index (κ3) is 5.22. The maximum Gasteiger partial charge on any atom is 0.415 e. The van der Waals surface area contributed by atoms with Gasteiger partial charge >= 0.3 is 6.09 Å². The first-order valence-corrected chi connectivity index (χ1v) is 8.28. The lowest BCUT2D eigenvalue weighted by molar-refractivity contribution is 0.0577. The van der Waals surface area contributed by atoms with E-state index in [1.54, 1.807) is 29.4 Å². The molecule has 2 rings (SSSR count). The van der Waals surface area contributed by atoms with E-state index in [1.165, 1.54) is 0 Å². The second-order valence-corrected chi connectivity index (χ2v) is 7.29. The highest BCUT2D eigenvalue weighted by Crippen LogP contribution is 2.29. The summed E-state index contributed by atoms with van der Waals surface area (Å²) in [5.41, 5.74) is 0.984. The predicted molar refractivity (Wildman–Crippen MR) is 95.8 cm³/mol. The molecule has 4 nitrogen and oxygen atoms in total. The van der Waals surface area contributed by atoms with Crippen molar-refractivity contribution in [2.24, 2.45) is 0 Å². The molecule has 0 saturated heterocycles. The molecule has 0 N–H and O–H groups in total. The molecule has 0 atom stereocenters. The monoisotopic (exact) mass is 396 g/mol. The number of benzene rings is 1. The van der Waals surface area contributed by atoms with Crippen LogP contribution in [-0.4, -0.2) is 16.7 Å². The molecule has 1 aromatic carbocycles. The van der Waals surface area contributed by atoms with Crippen molar-refractivity contribution < 1.29 is 9.53 Å². The van der Waals surface area contributed by atoms with Crippen molar-refractivity contribution in [3.05, 3.63) is 57.8 Å². The minimum atomic E-state index is -0.580. The number of amides is 1. The molecule has 0 aliphatic carbocycles. The molecule has 1 heterocycles. The Hall–Kier alpha value is -1.59. The van der Waals surface area contributed by atoms with Gasteiger partial charge in [0.15, 0.2) is 0 Å². The van der Waals surface area contributed by atoms with Gasteiger partial charge in [0.05, 0.1) is 11.6 Å². The lowest BCUT2D eigenvalue weighted by Crippen LogP contribution is -2.36. The molecule has 23 heavy (non-hydrogen) atoms. The number of pyridine rings is 1. The quantitative estimate of drug-likeness (QED) is 0.692. The molecule has 122 valence electrons. The Morgan fingerprint density at radius 2 is 2.09 bits per heavy atom. The molecule has 0 radical (unpaired) electrons. The number of aromatic nitrogens is 1. The molecular weight excluding hydrogens is 380 g/mol. The van der Waals surface area contributed by atoms with Gasteiger partial charge in [0.25, 0.3) is 0 Å². The maximum atomic E-state index is 12.6. The lowest BCUT2D eigenvalue weighted by Gasteiger charge is -2.27. The van der Waals surface area contributed by atoms with Crippen LogP contribution in [0.4, 0.5) is 10.5 Å². The summed E-state index contributed by atoms with van der Waals surface area (Å²) in [6.45, 7) is 5.85. The Bertz CT molecular complexity index is 687. The van der Waals surface area contributed by atoms with Crippen LogP contribution in [0.3, 0.4) is 0 Å². The van der Waals surface area contributed by atoms with Gasteiger partial charge in [0.1, 0.15) is 5.60 Å². The van der Waals surface area contributed by atoms with Gasteiger partial charge in [-0.15, -0.1) is 0 Å².